The molecule has 1 aromatic heterocycles. The van der Waals surface area contributed by atoms with E-state index in [1.807, 2.05) is 78.9 Å². The molecule has 0 aliphatic rings. The second-order valence-corrected chi connectivity index (χ2v) is 8.74. The number of benzene rings is 4. The molecule has 0 unspecified atom stereocenters. The number of hydrogen-bond acceptors (Lipinski definition) is 4. The number of ether oxygens (including phenoxy) is 1. The van der Waals surface area contributed by atoms with Gasteiger partial charge in [0, 0.05) is 11.4 Å². The van der Waals surface area contributed by atoms with Gasteiger partial charge < -0.3 is 25.1 Å². The van der Waals surface area contributed by atoms with Gasteiger partial charge in [0.15, 0.2) is 0 Å². The van der Waals surface area contributed by atoms with E-state index in [1.165, 1.54) is 0 Å². The van der Waals surface area contributed by atoms with Crippen LogP contribution >= 0.6 is 0 Å². The van der Waals surface area contributed by atoms with Crippen molar-refractivity contribution in [2.45, 2.75) is 12.6 Å². The molecule has 0 saturated heterocycles. The molecule has 5 aromatic rings. The minimum atomic E-state index is -0.454. The van der Waals surface area contributed by atoms with Gasteiger partial charge in [-0.25, -0.2) is 4.79 Å². The fourth-order valence-electron chi connectivity index (χ4n) is 4.09. The van der Waals surface area contributed by atoms with Crippen molar-refractivity contribution in [1.29, 1.82) is 0 Å². The molecule has 1 heterocycles. The van der Waals surface area contributed by atoms with Gasteiger partial charge >= 0.3 is 6.03 Å². The van der Waals surface area contributed by atoms with Gasteiger partial charge in [0.25, 0.3) is 5.91 Å². The number of nitrogens with one attached hydrogen (secondary N) is 3. The van der Waals surface area contributed by atoms with Gasteiger partial charge in [-0.05, 0) is 53.6 Å². The molecule has 0 spiro atoms. The molecular weight excluding hydrogens is 490 g/mol. The van der Waals surface area contributed by atoms with E-state index >= 15 is 0 Å². The molecule has 0 saturated carbocycles. The van der Waals surface area contributed by atoms with Crippen molar-refractivity contribution in [3.63, 3.8) is 0 Å². The van der Waals surface area contributed by atoms with E-state index < -0.39 is 12.1 Å². The van der Waals surface area contributed by atoms with Crippen LogP contribution < -0.4 is 20.7 Å². The maximum absolute atomic E-state index is 13.4. The Labute approximate surface area is 226 Å². The smallest absolute Gasteiger partial charge is 0.323 e. The average Bonchev–Trinajstić information content (AvgIpc) is 3.50. The Balaban J connectivity index is 1.44. The standard InChI is InChI=1S/C32H27N3O4/c36-31(33-22-27-17-10-20-38-27)28-21-26(35-32(37)34-25-15-8-3-9-16-25)18-19-29(28)39-30(23-11-4-1-5-12-23)24-13-6-2-7-14-24/h1-21,30H,22H2,(H,33,36)(H2,34,35,37). The zero-order valence-electron chi connectivity index (χ0n) is 21.0. The molecule has 0 bridgehead atoms. The topological polar surface area (TPSA) is 92.6 Å². The van der Waals surface area contributed by atoms with Crippen molar-refractivity contribution >= 4 is 23.3 Å². The van der Waals surface area contributed by atoms with E-state index in [2.05, 4.69) is 16.0 Å². The highest BCUT2D eigenvalue weighted by atomic mass is 16.5. The molecule has 4 aromatic carbocycles. The van der Waals surface area contributed by atoms with Crippen LogP contribution in [0.5, 0.6) is 5.75 Å². The zero-order chi connectivity index (χ0) is 26.9. The number of urea groups is 1. The molecule has 0 aliphatic heterocycles. The maximum atomic E-state index is 13.4. The first kappa shape index (κ1) is 25.4. The van der Waals surface area contributed by atoms with Crippen LogP contribution in [0.1, 0.15) is 33.3 Å². The highest BCUT2D eigenvalue weighted by Crippen LogP contribution is 2.32. The molecule has 194 valence electrons. The molecule has 7 nitrogen and oxygen atoms in total. The second-order valence-electron chi connectivity index (χ2n) is 8.74. The molecule has 0 aliphatic carbocycles. The van der Waals surface area contributed by atoms with Crippen LogP contribution in [0.15, 0.2) is 132 Å². The number of furan rings is 1. The van der Waals surface area contributed by atoms with Crippen LogP contribution in [0.4, 0.5) is 16.2 Å². The summed E-state index contributed by atoms with van der Waals surface area (Å²) in [5, 5.41) is 8.45. The van der Waals surface area contributed by atoms with Crippen LogP contribution in [-0.4, -0.2) is 11.9 Å². The molecule has 0 radical (unpaired) electrons. The summed E-state index contributed by atoms with van der Waals surface area (Å²) in [6.07, 6.45) is 1.10. The molecule has 3 N–H and O–H groups in total. The Kier molecular flexibility index (Phi) is 7.99. The fourth-order valence-corrected chi connectivity index (χ4v) is 4.09. The molecule has 3 amide bonds. The Morgan fingerprint density at radius 3 is 1.92 bits per heavy atom. The van der Waals surface area contributed by atoms with Crippen molar-refractivity contribution in [3.8, 4) is 5.75 Å². The first-order valence-corrected chi connectivity index (χ1v) is 12.5. The lowest BCUT2D eigenvalue weighted by atomic mass is 10.0. The summed E-state index contributed by atoms with van der Waals surface area (Å²) in [4.78, 5) is 26.0. The summed E-state index contributed by atoms with van der Waals surface area (Å²) in [6, 6.07) is 36.8. The number of para-hydroxylation sites is 1. The van der Waals surface area contributed by atoms with E-state index in [0.29, 0.717) is 22.9 Å². The van der Waals surface area contributed by atoms with Gasteiger partial charge in [-0.1, -0.05) is 78.9 Å². The van der Waals surface area contributed by atoms with Gasteiger partial charge in [0.2, 0.25) is 0 Å². The van der Waals surface area contributed by atoms with Gasteiger partial charge in [0.1, 0.15) is 17.6 Å². The first-order valence-electron chi connectivity index (χ1n) is 12.5. The number of carbonyl (C=O) groups is 2. The summed E-state index contributed by atoms with van der Waals surface area (Å²) in [5.74, 6) is 0.626. The minimum absolute atomic E-state index is 0.207. The predicted octanol–water partition coefficient (Wildman–Crippen LogP) is 7.02. The summed E-state index contributed by atoms with van der Waals surface area (Å²) < 4.78 is 11.9. The summed E-state index contributed by atoms with van der Waals surface area (Å²) >= 11 is 0. The van der Waals surface area contributed by atoms with Crippen LogP contribution in [0, 0.1) is 0 Å². The molecular formula is C32H27N3O4. The number of hydrogen-bond donors (Lipinski definition) is 3. The molecule has 0 fully saturated rings. The van der Waals surface area contributed by atoms with Gasteiger partial charge in [-0.15, -0.1) is 0 Å². The van der Waals surface area contributed by atoms with E-state index in [-0.39, 0.29) is 18.0 Å². The molecule has 39 heavy (non-hydrogen) atoms. The number of rotatable bonds is 9. The largest absolute Gasteiger partial charge is 0.480 e. The summed E-state index contributed by atoms with van der Waals surface area (Å²) in [6.45, 7) is 0.207. The average molecular weight is 518 g/mol. The van der Waals surface area contributed by atoms with Crippen molar-refractivity contribution in [3.05, 3.63) is 150 Å². The third-order valence-corrected chi connectivity index (χ3v) is 5.97. The Bertz CT molecular complexity index is 1470. The number of amides is 3. The summed E-state index contributed by atoms with van der Waals surface area (Å²) in [7, 11) is 0. The molecule has 0 atom stereocenters. The normalized spacial score (nSPS) is 10.6. The lowest BCUT2D eigenvalue weighted by Gasteiger charge is -2.22. The Morgan fingerprint density at radius 2 is 1.31 bits per heavy atom. The zero-order valence-corrected chi connectivity index (χ0v) is 21.0. The van der Waals surface area contributed by atoms with Gasteiger partial charge in [-0.2, -0.15) is 0 Å². The Morgan fingerprint density at radius 1 is 0.692 bits per heavy atom. The van der Waals surface area contributed by atoms with Gasteiger partial charge in [0.05, 0.1) is 18.4 Å². The highest BCUT2D eigenvalue weighted by Gasteiger charge is 2.21. The first-order chi connectivity index (χ1) is 19.2. The number of anilines is 2. The SMILES string of the molecule is O=C(Nc1ccccc1)Nc1ccc(OC(c2ccccc2)c2ccccc2)c(C(=O)NCc2ccco2)c1. The third kappa shape index (κ3) is 6.72. The van der Waals surface area contributed by atoms with Crippen LogP contribution in [-0.2, 0) is 6.54 Å². The van der Waals surface area contributed by atoms with Crippen LogP contribution in [0.25, 0.3) is 0 Å². The highest BCUT2D eigenvalue weighted by molar-refractivity contribution is 6.02. The maximum Gasteiger partial charge on any atom is 0.323 e. The van der Waals surface area contributed by atoms with Crippen LogP contribution in [0.3, 0.4) is 0 Å². The fraction of sp³-hybridized carbons (Fsp3) is 0.0625. The molecule has 7 heteroatoms. The lowest BCUT2D eigenvalue weighted by Crippen LogP contribution is -2.24. The van der Waals surface area contributed by atoms with E-state index in [9.17, 15) is 9.59 Å². The Hall–Kier alpha value is -5.30. The predicted molar refractivity (Wildman–Crippen MR) is 151 cm³/mol. The van der Waals surface area contributed by atoms with Crippen LogP contribution in [0.2, 0.25) is 0 Å². The number of carbonyl (C=O) groups excluding carboxylic acids is 2. The van der Waals surface area contributed by atoms with Crippen molar-refractivity contribution in [1.82, 2.24) is 5.32 Å². The second kappa shape index (κ2) is 12.3. The summed E-state index contributed by atoms with van der Waals surface area (Å²) in [5.41, 5.74) is 3.25. The van der Waals surface area contributed by atoms with E-state index in [4.69, 9.17) is 9.15 Å². The minimum Gasteiger partial charge on any atom is -0.480 e. The third-order valence-electron chi connectivity index (χ3n) is 5.97. The van der Waals surface area contributed by atoms with Crippen molar-refractivity contribution < 1.29 is 18.7 Å². The van der Waals surface area contributed by atoms with E-state index in [0.717, 1.165) is 11.1 Å². The monoisotopic (exact) mass is 517 g/mol. The van der Waals surface area contributed by atoms with E-state index in [1.54, 1.807) is 48.7 Å². The van der Waals surface area contributed by atoms with Gasteiger partial charge in [-0.3, -0.25) is 4.79 Å². The lowest BCUT2D eigenvalue weighted by molar-refractivity contribution is 0.0942. The van der Waals surface area contributed by atoms with Crippen molar-refractivity contribution in [2.24, 2.45) is 0 Å². The molecule has 5 rings (SSSR count). The quantitative estimate of drug-likeness (QED) is 0.196. The van der Waals surface area contributed by atoms with Crippen molar-refractivity contribution in [2.75, 3.05) is 10.6 Å².